The number of hydrazone groups is 1. The first kappa shape index (κ1) is 25.0. The fourth-order valence-corrected chi connectivity index (χ4v) is 2.96. The minimum absolute atomic E-state index is 0.139. The van der Waals surface area contributed by atoms with Crippen LogP contribution in [-0.4, -0.2) is 37.7 Å². The Bertz CT molecular complexity index is 1190. The van der Waals surface area contributed by atoms with Gasteiger partial charge >= 0.3 is 11.8 Å². The molecule has 0 unspecified atom stereocenters. The van der Waals surface area contributed by atoms with Crippen LogP contribution >= 0.6 is 0 Å². The van der Waals surface area contributed by atoms with Crippen molar-refractivity contribution in [2.75, 3.05) is 24.4 Å². The van der Waals surface area contributed by atoms with Gasteiger partial charge < -0.3 is 20.1 Å². The van der Waals surface area contributed by atoms with Crippen molar-refractivity contribution in [2.24, 2.45) is 5.10 Å². The summed E-state index contributed by atoms with van der Waals surface area (Å²) in [6, 6.07) is 21.1. The summed E-state index contributed by atoms with van der Waals surface area (Å²) >= 11 is 0. The number of ether oxygens (including phenoxy) is 2. The first-order chi connectivity index (χ1) is 17.0. The highest BCUT2D eigenvalue weighted by Gasteiger charge is 2.14. The van der Waals surface area contributed by atoms with E-state index in [0.717, 1.165) is 6.42 Å². The van der Waals surface area contributed by atoms with Gasteiger partial charge in [0.2, 0.25) is 0 Å². The van der Waals surface area contributed by atoms with E-state index in [1.165, 1.54) is 18.9 Å². The van der Waals surface area contributed by atoms with Crippen LogP contribution in [-0.2, 0) is 20.8 Å². The Balaban J connectivity index is 1.43. The summed E-state index contributed by atoms with van der Waals surface area (Å²) in [6.45, 7) is 1.93. The smallest absolute Gasteiger partial charge is 0.329 e. The van der Waals surface area contributed by atoms with Crippen LogP contribution in [0, 0.1) is 0 Å². The lowest BCUT2D eigenvalue weighted by atomic mass is 10.1. The Kier molecular flexibility index (Phi) is 8.95. The lowest BCUT2D eigenvalue weighted by Gasteiger charge is -2.08. The molecule has 0 radical (unpaired) electrons. The zero-order chi connectivity index (χ0) is 25.0. The third-order valence-electron chi connectivity index (χ3n) is 4.84. The zero-order valence-electron chi connectivity index (χ0n) is 19.4. The van der Waals surface area contributed by atoms with Crippen LogP contribution in [0.4, 0.5) is 11.4 Å². The molecule has 0 aliphatic carbocycles. The van der Waals surface area contributed by atoms with Crippen molar-refractivity contribution in [3.63, 3.8) is 0 Å². The van der Waals surface area contributed by atoms with E-state index in [0.29, 0.717) is 28.4 Å². The molecule has 3 rings (SSSR count). The normalized spacial score (nSPS) is 10.5. The number of methoxy groups -OCH3 is 1. The van der Waals surface area contributed by atoms with E-state index < -0.39 is 11.8 Å². The Morgan fingerprint density at radius 3 is 2.29 bits per heavy atom. The van der Waals surface area contributed by atoms with Gasteiger partial charge in [-0.1, -0.05) is 31.2 Å². The van der Waals surface area contributed by atoms with Crippen molar-refractivity contribution in [3.05, 3.63) is 83.9 Å². The lowest BCUT2D eigenvalue weighted by Crippen LogP contribution is -2.32. The van der Waals surface area contributed by atoms with Gasteiger partial charge in [-0.05, 0) is 66.1 Å². The van der Waals surface area contributed by atoms with Gasteiger partial charge in [-0.15, -0.1) is 0 Å². The van der Waals surface area contributed by atoms with Crippen molar-refractivity contribution in [1.29, 1.82) is 0 Å². The van der Waals surface area contributed by atoms with Crippen LogP contribution in [0.1, 0.15) is 18.1 Å². The molecule has 180 valence electrons. The number of carbonyl (C=O) groups excluding carboxylic acids is 3. The van der Waals surface area contributed by atoms with E-state index in [4.69, 9.17) is 9.47 Å². The van der Waals surface area contributed by atoms with Crippen LogP contribution in [0.5, 0.6) is 11.5 Å². The maximum absolute atomic E-state index is 12.1. The van der Waals surface area contributed by atoms with Crippen molar-refractivity contribution >= 4 is 35.3 Å². The summed E-state index contributed by atoms with van der Waals surface area (Å²) in [5, 5.41) is 9.03. The van der Waals surface area contributed by atoms with Crippen LogP contribution in [0.3, 0.4) is 0 Å². The quantitative estimate of drug-likeness (QED) is 0.250. The van der Waals surface area contributed by atoms with Gasteiger partial charge in [0.25, 0.3) is 5.91 Å². The molecule has 35 heavy (non-hydrogen) atoms. The van der Waals surface area contributed by atoms with E-state index in [1.807, 2.05) is 24.3 Å². The molecular weight excluding hydrogens is 448 g/mol. The van der Waals surface area contributed by atoms with Gasteiger partial charge in [-0.25, -0.2) is 5.43 Å². The molecule has 0 atom stereocenters. The summed E-state index contributed by atoms with van der Waals surface area (Å²) < 4.78 is 10.6. The van der Waals surface area contributed by atoms with Gasteiger partial charge in [0.05, 0.1) is 19.0 Å². The molecule has 0 aliphatic rings. The number of hydrogen-bond acceptors (Lipinski definition) is 6. The molecule has 0 aliphatic heterocycles. The number of para-hydroxylation sites is 2. The third kappa shape index (κ3) is 7.71. The molecule has 3 amide bonds. The molecule has 0 bridgehead atoms. The van der Waals surface area contributed by atoms with E-state index >= 15 is 0 Å². The van der Waals surface area contributed by atoms with Crippen molar-refractivity contribution in [3.8, 4) is 11.5 Å². The molecule has 3 N–H and O–H groups in total. The second-order valence-corrected chi connectivity index (χ2v) is 7.31. The Morgan fingerprint density at radius 1 is 0.886 bits per heavy atom. The summed E-state index contributed by atoms with van der Waals surface area (Å²) in [5.74, 6) is -1.15. The fraction of sp³-hybridized carbons (Fsp3) is 0.154. The molecule has 9 nitrogen and oxygen atoms in total. The molecule has 0 spiro atoms. The molecule has 3 aromatic rings. The number of rotatable bonds is 9. The predicted molar refractivity (Wildman–Crippen MR) is 134 cm³/mol. The van der Waals surface area contributed by atoms with Crippen LogP contribution in [0.25, 0.3) is 0 Å². The molecule has 0 heterocycles. The molecule has 0 fully saturated rings. The Morgan fingerprint density at radius 2 is 1.60 bits per heavy atom. The summed E-state index contributed by atoms with van der Waals surface area (Å²) in [4.78, 5) is 36.1. The second-order valence-electron chi connectivity index (χ2n) is 7.31. The number of nitrogens with one attached hydrogen (secondary N) is 3. The molecule has 3 aromatic carbocycles. The maximum atomic E-state index is 12.1. The first-order valence-corrected chi connectivity index (χ1v) is 10.9. The predicted octanol–water partition coefficient (Wildman–Crippen LogP) is 3.36. The SMILES string of the molecule is CCc1ccc(NC(=O)COc2ccc(/C=N\NC(=O)C(=O)Nc3ccccc3OC)cc2)cc1. The minimum Gasteiger partial charge on any atom is -0.495 e. The average Bonchev–Trinajstić information content (AvgIpc) is 2.89. The van der Waals surface area contributed by atoms with Crippen LogP contribution < -0.4 is 25.5 Å². The van der Waals surface area contributed by atoms with Crippen molar-refractivity contribution in [2.45, 2.75) is 13.3 Å². The summed E-state index contributed by atoms with van der Waals surface area (Å²) in [6.07, 6.45) is 2.31. The van der Waals surface area contributed by atoms with E-state index in [9.17, 15) is 14.4 Å². The standard InChI is InChI=1S/C26H26N4O5/c1-3-18-8-12-20(13-9-18)28-24(31)17-35-21-14-10-19(11-15-21)16-27-30-26(33)25(32)29-22-6-4-5-7-23(22)34-2/h4-16H,3,17H2,1-2H3,(H,28,31)(H,29,32)(H,30,33)/b27-16-. The van der Waals surface area contributed by atoms with Crippen molar-refractivity contribution in [1.82, 2.24) is 5.43 Å². The topological polar surface area (TPSA) is 118 Å². The summed E-state index contributed by atoms with van der Waals surface area (Å²) in [7, 11) is 1.47. The number of benzene rings is 3. The zero-order valence-corrected chi connectivity index (χ0v) is 19.4. The Hall–Kier alpha value is -4.66. The lowest BCUT2D eigenvalue weighted by molar-refractivity contribution is -0.136. The van der Waals surface area contributed by atoms with Crippen molar-refractivity contribution < 1.29 is 23.9 Å². The van der Waals surface area contributed by atoms with Crippen LogP contribution in [0.15, 0.2) is 77.9 Å². The molecule has 0 saturated carbocycles. The largest absolute Gasteiger partial charge is 0.495 e. The van der Waals surface area contributed by atoms with Gasteiger partial charge in [0, 0.05) is 5.69 Å². The Labute approximate surface area is 203 Å². The molecule has 9 heteroatoms. The van der Waals surface area contributed by atoms with E-state index in [-0.39, 0.29) is 12.5 Å². The maximum Gasteiger partial charge on any atom is 0.329 e. The molecular formula is C26H26N4O5. The summed E-state index contributed by atoms with van der Waals surface area (Å²) in [5.41, 5.74) is 5.10. The number of hydrogen-bond donors (Lipinski definition) is 3. The number of anilines is 2. The monoisotopic (exact) mass is 474 g/mol. The van der Waals surface area contributed by atoms with E-state index in [2.05, 4.69) is 28.1 Å². The van der Waals surface area contributed by atoms with Gasteiger partial charge in [0.1, 0.15) is 11.5 Å². The van der Waals surface area contributed by atoms with Gasteiger partial charge in [0.15, 0.2) is 6.61 Å². The average molecular weight is 475 g/mol. The third-order valence-corrected chi connectivity index (χ3v) is 4.84. The van der Waals surface area contributed by atoms with Gasteiger partial charge in [-0.3, -0.25) is 14.4 Å². The van der Waals surface area contributed by atoms with Gasteiger partial charge in [-0.2, -0.15) is 5.10 Å². The van der Waals surface area contributed by atoms with E-state index in [1.54, 1.807) is 48.5 Å². The number of amides is 3. The number of carbonyl (C=O) groups is 3. The fourth-order valence-electron chi connectivity index (χ4n) is 2.96. The highest BCUT2D eigenvalue weighted by molar-refractivity contribution is 6.39. The van der Waals surface area contributed by atoms with Crippen LogP contribution in [0.2, 0.25) is 0 Å². The first-order valence-electron chi connectivity index (χ1n) is 10.9. The highest BCUT2D eigenvalue weighted by Crippen LogP contribution is 2.22. The number of nitrogens with zero attached hydrogens (tertiary/aromatic N) is 1. The number of aryl methyl sites for hydroxylation is 1. The molecule has 0 saturated heterocycles. The minimum atomic E-state index is -0.928. The highest BCUT2D eigenvalue weighted by atomic mass is 16.5. The second kappa shape index (κ2) is 12.5. The molecule has 0 aromatic heterocycles.